The van der Waals surface area contributed by atoms with Gasteiger partial charge in [0.05, 0.1) is 19.1 Å². The molecular weight excluding hydrogens is 337 g/mol. The molecule has 2 fully saturated rings. The van der Waals surface area contributed by atoms with Gasteiger partial charge in [-0.05, 0) is 38.3 Å². The first kappa shape index (κ1) is 19.0. The highest BCUT2D eigenvalue weighted by molar-refractivity contribution is 5.76. The molecule has 2 aliphatic heterocycles. The van der Waals surface area contributed by atoms with Crippen LogP contribution in [-0.2, 0) is 9.53 Å². The molecule has 1 N–H and O–H groups in total. The predicted octanol–water partition coefficient (Wildman–Crippen LogP) is 1.83. The van der Waals surface area contributed by atoms with Crippen LogP contribution in [0.1, 0.15) is 32.6 Å². The van der Waals surface area contributed by atoms with Crippen molar-refractivity contribution in [3.8, 4) is 0 Å². The van der Waals surface area contributed by atoms with Crippen LogP contribution in [-0.4, -0.2) is 66.4 Å². The largest absolute Gasteiger partial charge is 0.392 e. The van der Waals surface area contributed by atoms with Gasteiger partial charge >= 0.3 is 0 Å². The second-order valence-electron chi connectivity index (χ2n) is 7.26. The maximum Gasteiger partial charge on any atom is 0.224 e. The number of carbonyl (C=O) groups is 1. The van der Waals surface area contributed by atoms with Gasteiger partial charge in [0.2, 0.25) is 5.91 Å². The molecule has 0 aliphatic carbocycles. The van der Waals surface area contributed by atoms with Gasteiger partial charge in [-0.25, -0.2) is 9.37 Å². The standard InChI is InChI=1S/C19H28FN3O3/c1-2-26-12-7-17(25)22-10-4-8-19(13-22)14-23(11-6-16(19)24)18-15(20)5-3-9-21-18/h3,5,9,16,24H,2,4,6-8,10-14H2,1H3/t16-,19+/m1/s1. The number of rotatable bonds is 5. The van der Waals surface area contributed by atoms with Crippen LogP contribution in [0, 0.1) is 11.2 Å². The highest BCUT2D eigenvalue weighted by Gasteiger charge is 2.46. The molecule has 26 heavy (non-hydrogen) atoms. The van der Waals surface area contributed by atoms with Crippen LogP contribution in [0.3, 0.4) is 0 Å². The molecule has 1 aromatic rings. The molecule has 3 heterocycles. The lowest BCUT2D eigenvalue weighted by atomic mass is 9.71. The lowest BCUT2D eigenvalue weighted by Crippen LogP contribution is -2.60. The Bertz CT molecular complexity index is 630. The summed E-state index contributed by atoms with van der Waals surface area (Å²) in [4.78, 5) is 20.4. The van der Waals surface area contributed by atoms with Crippen molar-refractivity contribution in [1.29, 1.82) is 0 Å². The Morgan fingerprint density at radius 1 is 1.46 bits per heavy atom. The molecule has 0 radical (unpaired) electrons. The van der Waals surface area contributed by atoms with E-state index in [0.717, 1.165) is 12.8 Å². The number of halogens is 1. The van der Waals surface area contributed by atoms with Gasteiger partial charge in [0.25, 0.3) is 0 Å². The third-order valence-corrected chi connectivity index (χ3v) is 5.55. The zero-order valence-electron chi connectivity index (χ0n) is 15.4. The number of amides is 1. The van der Waals surface area contributed by atoms with Crippen molar-refractivity contribution in [2.45, 2.75) is 38.7 Å². The number of piperidine rings is 2. The highest BCUT2D eigenvalue weighted by atomic mass is 19.1. The molecule has 3 rings (SSSR count). The van der Waals surface area contributed by atoms with Gasteiger partial charge in [-0.1, -0.05) is 0 Å². The molecule has 1 amide bonds. The number of nitrogens with zero attached hydrogens (tertiary/aromatic N) is 3. The maximum absolute atomic E-state index is 14.2. The number of aliphatic hydroxyl groups is 1. The first-order chi connectivity index (χ1) is 12.6. The van der Waals surface area contributed by atoms with Gasteiger partial charge in [-0.2, -0.15) is 0 Å². The number of pyridine rings is 1. The smallest absolute Gasteiger partial charge is 0.224 e. The second kappa shape index (κ2) is 8.31. The molecule has 0 bridgehead atoms. The molecule has 6 nitrogen and oxygen atoms in total. The van der Waals surface area contributed by atoms with Gasteiger partial charge in [-0.15, -0.1) is 0 Å². The number of likely N-dealkylation sites (tertiary alicyclic amines) is 1. The van der Waals surface area contributed by atoms with Gasteiger partial charge in [-0.3, -0.25) is 4.79 Å². The lowest BCUT2D eigenvalue weighted by molar-refractivity contribution is -0.139. The van der Waals surface area contributed by atoms with Crippen molar-refractivity contribution in [2.75, 3.05) is 44.3 Å². The molecule has 1 spiro atoms. The first-order valence-corrected chi connectivity index (χ1v) is 9.45. The van der Waals surface area contributed by atoms with Gasteiger partial charge in [0, 0.05) is 44.4 Å². The van der Waals surface area contributed by atoms with E-state index in [1.807, 2.05) is 16.7 Å². The minimum absolute atomic E-state index is 0.0610. The zero-order valence-corrected chi connectivity index (χ0v) is 15.4. The van der Waals surface area contributed by atoms with Crippen molar-refractivity contribution < 1.29 is 19.0 Å². The fourth-order valence-corrected chi connectivity index (χ4v) is 4.18. The molecular formula is C19H28FN3O3. The van der Waals surface area contributed by atoms with Crippen LogP contribution >= 0.6 is 0 Å². The Hall–Kier alpha value is -1.73. The quantitative estimate of drug-likeness (QED) is 0.807. The van der Waals surface area contributed by atoms with E-state index in [1.165, 1.54) is 6.07 Å². The summed E-state index contributed by atoms with van der Waals surface area (Å²) in [6, 6.07) is 2.98. The third kappa shape index (κ3) is 3.99. The van der Waals surface area contributed by atoms with Crippen LogP contribution in [0.2, 0.25) is 0 Å². The first-order valence-electron chi connectivity index (χ1n) is 9.45. The normalized spacial score (nSPS) is 26.3. The number of hydrogen-bond acceptors (Lipinski definition) is 5. The Labute approximate surface area is 154 Å². The van der Waals surface area contributed by atoms with Gasteiger partial charge < -0.3 is 19.6 Å². The summed E-state index contributed by atoms with van der Waals surface area (Å²) in [5, 5.41) is 10.7. The van der Waals surface area contributed by atoms with Gasteiger partial charge in [0.15, 0.2) is 11.6 Å². The number of aromatic nitrogens is 1. The van der Waals surface area contributed by atoms with E-state index in [4.69, 9.17) is 4.74 Å². The van der Waals surface area contributed by atoms with Crippen molar-refractivity contribution >= 4 is 11.7 Å². The van der Waals surface area contributed by atoms with Crippen molar-refractivity contribution in [3.05, 3.63) is 24.1 Å². The Morgan fingerprint density at radius 3 is 3.08 bits per heavy atom. The SMILES string of the molecule is CCOCCC(=O)N1CCC[C@]2(C1)CN(c1ncccc1F)CC[C@H]2O. The van der Waals surface area contributed by atoms with E-state index in [-0.39, 0.29) is 11.7 Å². The molecule has 0 saturated carbocycles. The maximum atomic E-state index is 14.2. The van der Waals surface area contributed by atoms with Crippen LogP contribution < -0.4 is 4.90 Å². The number of aliphatic hydroxyl groups excluding tert-OH is 1. The van der Waals surface area contributed by atoms with Gasteiger partial charge in [0.1, 0.15) is 0 Å². The van der Waals surface area contributed by atoms with Crippen LogP contribution in [0.15, 0.2) is 18.3 Å². The molecule has 2 saturated heterocycles. The molecule has 144 valence electrons. The van der Waals surface area contributed by atoms with Crippen LogP contribution in [0.25, 0.3) is 0 Å². The average molecular weight is 365 g/mol. The molecule has 2 atom stereocenters. The monoisotopic (exact) mass is 365 g/mol. The van der Waals surface area contributed by atoms with Crippen LogP contribution in [0.5, 0.6) is 0 Å². The topological polar surface area (TPSA) is 65.9 Å². The van der Waals surface area contributed by atoms with E-state index in [0.29, 0.717) is 58.1 Å². The summed E-state index contributed by atoms with van der Waals surface area (Å²) >= 11 is 0. The van der Waals surface area contributed by atoms with E-state index in [1.54, 1.807) is 12.3 Å². The summed E-state index contributed by atoms with van der Waals surface area (Å²) in [6.45, 7) is 5.21. The zero-order chi connectivity index (χ0) is 18.6. The highest BCUT2D eigenvalue weighted by Crippen LogP contribution is 2.40. The average Bonchev–Trinajstić information content (AvgIpc) is 2.65. The second-order valence-corrected chi connectivity index (χ2v) is 7.26. The number of anilines is 1. The Morgan fingerprint density at radius 2 is 2.31 bits per heavy atom. The molecule has 1 aromatic heterocycles. The third-order valence-electron chi connectivity index (χ3n) is 5.55. The fourth-order valence-electron chi connectivity index (χ4n) is 4.18. The minimum atomic E-state index is -0.493. The number of ether oxygens (including phenoxy) is 1. The molecule has 7 heteroatoms. The Kier molecular flexibility index (Phi) is 6.09. The molecule has 2 aliphatic rings. The number of hydrogen-bond donors (Lipinski definition) is 1. The van der Waals surface area contributed by atoms with Crippen LogP contribution in [0.4, 0.5) is 10.2 Å². The molecule has 0 unspecified atom stereocenters. The lowest BCUT2D eigenvalue weighted by Gasteiger charge is -2.51. The predicted molar refractivity (Wildman–Crippen MR) is 96.4 cm³/mol. The summed E-state index contributed by atoms with van der Waals surface area (Å²) in [6.07, 6.45) is 3.67. The van der Waals surface area contributed by atoms with Crippen molar-refractivity contribution in [1.82, 2.24) is 9.88 Å². The summed E-state index contributed by atoms with van der Waals surface area (Å²) < 4.78 is 19.4. The van der Waals surface area contributed by atoms with Crippen molar-refractivity contribution in [3.63, 3.8) is 0 Å². The summed E-state index contributed by atoms with van der Waals surface area (Å²) in [5.41, 5.74) is -0.429. The van der Waals surface area contributed by atoms with E-state index < -0.39 is 11.5 Å². The minimum Gasteiger partial charge on any atom is -0.392 e. The fraction of sp³-hybridized carbons (Fsp3) is 0.684. The van der Waals surface area contributed by atoms with E-state index >= 15 is 0 Å². The van der Waals surface area contributed by atoms with E-state index in [9.17, 15) is 14.3 Å². The Balaban J connectivity index is 1.72. The summed E-state index contributed by atoms with van der Waals surface area (Å²) in [7, 11) is 0. The summed E-state index contributed by atoms with van der Waals surface area (Å²) in [5.74, 6) is 0.0453. The van der Waals surface area contributed by atoms with E-state index in [2.05, 4.69) is 4.98 Å². The number of carbonyl (C=O) groups excluding carboxylic acids is 1. The van der Waals surface area contributed by atoms with Crippen molar-refractivity contribution in [2.24, 2.45) is 5.41 Å². The molecule has 0 aromatic carbocycles.